The van der Waals surface area contributed by atoms with E-state index in [0.29, 0.717) is 14.8 Å². The minimum Gasteiger partial charge on any atom is -0.278 e. The summed E-state index contributed by atoms with van der Waals surface area (Å²) in [6.07, 6.45) is 1.47. The number of halogens is 2. The van der Waals surface area contributed by atoms with Gasteiger partial charge < -0.3 is 0 Å². The predicted octanol–water partition coefficient (Wildman–Crippen LogP) is 4.02. The van der Waals surface area contributed by atoms with E-state index >= 15 is 0 Å². The Labute approximate surface area is 134 Å². The Bertz CT molecular complexity index is 761. The molecule has 0 bridgehead atoms. The highest BCUT2D eigenvalue weighted by Crippen LogP contribution is 2.26. The van der Waals surface area contributed by atoms with E-state index < -0.39 is 10.0 Å². The molecular weight excluding hydrogens is 408 g/mol. The number of hydrogen-bond donors (Lipinski definition) is 1. The maximum Gasteiger partial charge on any atom is 0.263 e. The number of aryl methyl sites for hydroxylation is 2. The molecule has 0 fully saturated rings. The fourth-order valence-electron chi connectivity index (χ4n) is 1.65. The summed E-state index contributed by atoms with van der Waals surface area (Å²) >= 11 is 6.56. The molecule has 1 heterocycles. The Kier molecular flexibility index (Phi) is 4.51. The highest BCUT2D eigenvalue weighted by Gasteiger charge is 2.18. The van der Waals surface area contributed by atoms with Crippen LogP contribution in [0.2, 0.25) is 0 Å². The van der Waals surface area contributed by atoms with Crippen LogP contribution in [0, 0.1) is 13.8 Å². The van der Waals surface area contributed by atoms with Crippen LogP contribution < -0.4 is 4.72 Å². The van der Waals surface area contributed by atoms with Gasteiger partial charge in [-0.15, -0.1) is 0 Å². The third-order valence-corrected chi connectivity index (χ3v) is 5.83. The van der Waals surface area contributed by atoms with E-state index in [1.807, 2.05) is 13.8 Å². The van der Waals surface area contributed by atoms with Crippen LogP contribution in [0.5, 0.6) is 0 Å². The Morgan fingerprint density at radius 1 is 1.15 bits per heavy atom. The van der Waals surface area contributed by atoms with Gasteiger partial charge in [-0.1, -0.05) is 6.07 Å². The van der Waals surface area contributed by atoms with E-state index in [2.05, 4.69) is 41.6 Å². The number of sulfonamides is 1. The van der Waals surface area contributed by atoms with Crippen LogP contribution in [-0.4, -0.2) is 13.4 Å². The van der Waals surface area contributed by atoms with E-state index in [1.165, 1.54) is 6.20 Å². The van der Waals surface area contributed by atoms with Gasteiger partial charge in [-0.25, -0.2) is 13.4 Å². The number of pyridine rings is 1. The highest BCUT2D eigenvalue weighted by atomic mass is 79.9. The van der Waals surface area contributed by atoms with Crippen molar-refractivity contribution in [2.24, 2.45) is 0 Å². The van der Waals surface area contributed by atoms with Crippen molar-refractivity contribution < 1.29 is 8.42 Å². The number of benzene rings is 1. The number of nitrogens with zero attached hydrogens (tertiary/aromatic N) is 1. The summed E-state index contributed by atoms with van der Waals surface area (Å²) in [7, 11) is -3.64. The van der Waals surface area contributed by atoms with Gasteiger partial charge in [-0.05, 0) is 75.0 Å². The molecule has 7 heteroatoms. The fraction of sp³-hybridized carbons (Fsp3) is 0.154. The molecule has 2 rings (SSSR count). The number of nitrogens with one attached hydrogen (secondary N) is 1. The lowest BCUT2D eigenvalue weighted by Crippen LogP contribution is -2.14. The molecule has 106 valence electrons. The number of rotatable bonds is 3. The summed E-state index contributed by atoms with van der Waals surface area (Å²) < 4.78 is 28.4. The molecule has 0 aliphatic rings. The lowest BCUT2D eigenvalue weighted by atomic mass is 10.2. The average molecular weight is 420 g/mol. The molecule has 0 saturated carbocycles. The third-order valence-electron chi connectivity index (χ3n) is 2.64. The van der Waals surface area contributed by atoms with Crippen LogP contribution in [0.1, 0.15) is 11.1 Å². The summed E-state index contributed by atoms with van der Waals surface area (Å²) in [4.78, 5) is 4.27. The van der Waals surface area contributed by atoms with Crippen LogP contribution in [0.4, 0.5) is 5.69 Å². The SMILES string of the molecule is Cc1ccc(S(=O)(=O)Nc2cnc(Br)c(C)c2)c(Br)c1. The summed E-state index contributed by atoms with van der Waals surface area (Å²) in [5.41, 5.74) is 2.27. The molecule has 1 aromatic heterocycles. The van der Waals surface area contributed by atoms with Crippen molar-refractivity contribution >= 4 is 47.6 Å². The van der Waals surface area contributed by atoms with E-state index in [-0.39, 0.29) is 4.90 Å². The van der Waals surface area contributed by atoms with E-state index in [9.17, 15) is 8.42 Å². The second-order valence-electron chi connectivity index (χ2n) is 4.37. The first kappa shape index (κ1) is 15.5. The molecule has 0 spiro atoms. The molecule has 4 nitrogen and oxygen atoms in total. The molecule has 1 aromatic carbocycles. The van der Waals surface area contributed by atoms with Crippen molar-refractivity contribution in [3.63, 3.8) is 0 Å². The van der Waals surface area contributed by atoms with Crippen LogP contribution in [0.3, 0.4) is 0 Å². The van der Waals surface area contributed by atoms with Gasteiger partial charge in [0.15, 0.2) is 0 Å². The largest absolute Gasteiger partial charge is 0.278 e. The molecule has 0 atom stereocenters. The quantitative estimate of drug-likeness (QED) is 0.764. The first-order chi connectivity index (χ1) is 9.29. The second kappa shape index (κ2) is 5.83. The maximum atomic E-state index is 12.3. The monoisotopic (exact) mass is 418 g/mol. The highest BCUT2D eigenvalue weighted by molar-refractivity contribution is 9.10. The Hall–Kier alpha value is -0.920. The minimum atomic E-state index is -3.64. The van der Waals surface area contributed by atoms with Gasteiger partial charge in [0, 0.05) is 4.47 Å². The van der Waals surface area contributed by atoms with Crippen molar-refractivity contribution in [1.82, 2.24) is 4.98 Å². The summed E-state index contributed by atoms with van der Waals surface area (Å²) in [6, 6.07) is 6.81. The standard InChI is InChI=1S/C13H12Br2N2O2S/c1-8-3-4-12(11(14)5-8)20(18,19)17-10-6-9(2)13(15)16-7-10/h3-7,17H,1-2H3. The van der Waals surface area contributed by atoms with Crippen LogP contribution in [0.25, 0.3) is 0 Å². The number of hydrogen-bond acceptors (Lipinski definition) is 3. The molecule has 0 saturated heterocycles. The lowest BCUT2D eigenvalue weighted by Gasteiger charge is -2.10. The van der Waals surface area contributed by atoms with Gasteiger partial charge in [-0.3, -0.25) is 4.72 Å². The molecule has 1 N–H and O–H groups in total. The molecule has 20 heavy (non-hydrogen) atoms. The normalized spacial score (nSPS) is 11.4. The van der Waals surface area contributed by atoms with Gasteiger partial charge in [0.2, 0.25) is 0 Å². The zero-order chi connectivity index (χ0) is 14.9. The molecular formula is C13H12Br2N2O2S. The second-order valence-corrected chi connectivity index (χ2v) is 7.63. The lowest BCUT2D eigenvalue weighted by molar-refractivity contribution is 0.600. The predicted molar refractivity (Wildman–Crippen MR) is 86.4 cm³/mol. The topological polar surface area (TPSA) is 59.1 Å². The van der Waals surface area contributed by atoms with Crippen LogP contribution in [0.15, 0.2) is 44.4 Å². The van der Waals surface area contributed by atoms with Gasteiger partial charge in [0.05, 0.1) is 11.9 Å². The molecule has 0 aliphatic carbocycles. The Balaban J connectivity index is 2.38. The van der Waals surface area contributed by atoms with E-state index in [0.717, 1.165) is 11.1 Å². The molecule has 0 amide bonds. The van der Waals surface area contributed by atoms with Gasteiger partial charge in [0.25, 0.3) is 10.0 Å². The maximum absolute atomic E-state index is 12.3. The van der Waals surface area contributed by atoms with Crippen LogP contribution >= 0.6 is 31.9 Å². The van der Waals surface area contributed by atoms with Gasteiger partial charge in [0.1, 0.15) is 9.50 Å². The minimum absolute atomic E-state index is 0.198. The molecule has 0 aliphatic heterocycles. The summed E-state index contributed by atoms with van der Waals surface area (Å²) in [5, 5.41) is 0. The van der Waals surface area contributed by atoms with Crippen molar-refractivity contribution in [2.45, 2.75) is 18.7 Å². The summed E-state index contributed by atoms with van der Waals surface area (Å²) in [5.74, 6) is 0. The first-order valence-electron chi connectivity index (χ1n) is 5.71. The first-order valence-corrected chi connectivity index (χ1v) is 8.77. The van der Waals surface area contributed by atoms with Crippen molar-refractivity contribution in [2.75, 3.05) is 4.72 Å². The number of aromatic nitrogens is 1. The third kappa shape index (κ3) is 3.39. The molecule has 0 radical (unpaired) electrons. The van der Waals surface area contributed by atoms with Gasteiger partial charge in [-0.2, -0.15) is 0 Å². The Morgan fingerprint density at radius 3 is 2.45 bits per heavy atom. The molecule has 2 aromatic rings. The number of anilines is 1. The van der Waals surface area contributed by atoms with E-state index in [4.69, 9.17) is 0 Å². The summed E-state index contributed by atoms with van der Waals surface area (Å²) in [6.45, 7) is 3.74. The average Bonchev–Trinajstić information content (AvgIpc) is 2.33. The Morgan fingerprint density at radius 2 is 1.85 bits per heavy atom. The van der Waals surface area contributed by atoms with Crippen molar-refractivity contribution in [3.05, 3.63) is 50.7 Å². The van der Waals surface area contributed by atoms with Crippen molar-refractivity contribution in [1.29, 1.82) is 0 Å². The van der Waals surface area contributed by atoms with Crippen LogP contribution in [-0.2, 0) is 10.0 Å². The smallest absolute Gasteiger partial charge is 0.263 e. The van der Waals surface area contributed by atoms with E-state index in [1.54, 1.807) is 24.3 Å². The molecule has 0 unspecified atom stereocenters. The zero-order valence-corrected chi connectivity index (χ0v) is 14.8. The fourth-order valence-corrected chi connectivity index (χ4v) is 4.09. The van der Waals surface area contributed by atoms with Crippen molar-refractivity contribution in [3.8, 4) is 0 Å². The van der Waals surface area contributed by atoms with Gasteiger partial charge >= 0.3 is 0 Å². The zero-order valence-electron chi connectivity index (χ0n) is 10.8.